The second kappa shape index (κ2) is 10.1. The first kappa shape index (κ1) is 19.3. The Kier molecular flexibility index (Phi) is 7.81. The number of hydrogen-bond acceptors (Lipinski definition) is 4. The summed E-state index contributed by atoms with van der Waals surface area (Å²) < 4.78 is 4.91. The third-order valence-corrected chi connectivity index (χ3v) is 4.23. The average molecular weight is 368 g/mol. The van der Waals surface area contributed by atoms with Crippen molar-refractivity contribution in [3.05, 3.63) is 29.3 Å². The molecule has 1 aliphatic heterocycles. The first-order chi connectivity index (χ1) is 12.1. The highest BCUT2D eigenvalue weighted by atomic mass is 35.5. The Balaban J connectivity index is 1.79. The lowest BCUT2D eigenvalue weighted by atomic mass is 10.2. The summed E-state index contributed by atoms with van der Waals surface area (Å²) in [5.74, 6) is 0.670. The van der Waals surface area contributed by atoms with Gasteiger partial charge in [0.15, 0.2) is 5.96 Å². The number of anilines is 1. The van der Waals surface area contributed by atoms with Crippen molar-refractivity contribution in [3.8, 4) is 0 Å². The largest absolute Gasteiger partial charge is 0.383 e. The Morgan fingerprint density at radius 2 is 2.04 bits per heavy atom. The van der Waals surface area contributed by atoms with Crippen molar-refractivity contribution in [3.63, 3.8) is 0 Å². The number of guanidine groups is 1. The number of ether oxygens (including phenoxy) is 1. The van der Waals surface area contributed by atoms with Crippen molar-refractivity contribution < 1.29 is 9.53 Å². The molecular weight excluding hydrogens is 342 g/mol. The van der Waals surface area contributed by atoms with Gasteiger partial charge in [-0.3, -0.25) is 9.79 Å². The van der Waals surface area contributed by atoms with Crippen LogP contribution in [0, 0.1) is 0 Å². The van der Waals surface area contributed by atoms with Crippen molar-refractivity contribution in [2.75, 3.05) is 64.9 Å². The number of piperazine rings is 1. The Morgan fingerprint density at radius 1 is 1.28 bits per heavy atom. The van der Waals surface area contributed by atoms with E-state index >= 15 is 0 Å². The fourth-order valence-corrected chi connectivity index (χ4v) is 2.88. The summed E-state index contributed by atoms with van der Waals surface area (Å²) in [6.45, 7) is 4.63. The summed E-state index contributed by atoms with van der Waals surface area (Å²) in [5.41, 5.74) is 1.13. The number of nitrogens with one attached hydrogen (secondary N) is 2. The standard InChI is InChI=1S/C17H26ClN5O2/c1-19-17(21-13-16(24)20-6-11-25-2)23-9-7-22(8-10-23)15-5-3-4-14(18)12-15/h3-5,12H,6-11,13H2,1-2H3,(H,19,21)(H,20,24). The quantitative estimate of drug-likeness (QED) is 0.442. The number of carbonyl (C=O) groups is 1. The number of carbonyl (C=O) groups excluding carboxylic acids is 1. The fraction of sp³-hybridized carbons (Fsp3) is 0.529. The van der Waals surface area contributed by atoms with E-state index in [0.717, 1.165) is 42.8 Å². The number of aliphatic imine (C=N–C) groups is 1. The zero-order valence-electron chi connectivity index (χ0n) is 14.8. The summed E-state index contributed by atoms with van der Waals surface area (Å²) >= 11 is 6.07. The highest BCUT2D eigenvalue weighted by molar-refractivity contribution is 6.30. The van der Waals surface area contributed by atoms with Crippen LogP contribution in [0.15, 0.2) is 29.3 Å². The topological polar surface area (TPSA) is 69.2 Å². The average Bonchev–Trinajstić information content (AvgIpc) is 2.63. The molecule has 1 heterocycles. The Hall–Kier alpha value is -1.99. The maximum absolute atomic E-state index is 11.8. The van der Waals surface area contributed by atoms with Gasteiger partial charge in [0.25, 0.3) is 0 Å². The molecule has 0 spiro atoms. The van der Waals surface area contributed by atoms with Crippen molar-refractivity contribution in [1.82, 2.24) is 15.5 Å². The predicted molar refractivity (Wildman–Crippen MR) is 101 cm³/mol. The SMILES string of the molecule is CN=C(NCC(=O)NCCOC)N1CCN(c2cccc(Cl)c2)CC1. The molecule has 1 saturated heterocycles. The Bertz CT molecular complexity index is 588. The van der Waals surface area contributed by atoms with Gasteiger partial charge in [0.05, 0.1) is 13.2 Å². The monoisotopic (exact) mass is 367 g/mol. The molecule has 7 nitrogen and oxygen atoms in total. The van der Waals surface area contributed by atoms with E-state index in [-0.39, 0.29) is 12.5 Å². The molecule has 1 aliphatic rings. The van der Waals surface area contributed by atoms with Gasteiger partial charge in [-0.25, -0.2) is 0 Å². The molecule has 2 N–H and O–H groups in total. The van der Waals surface area contributed by atoms with Crippen LogP contribution in [0.2, 0.25) is 5.02 Å². The first-order valence-electron chi connectivity index (χ1n) is 8.36. The molecule has 25 heavy (non-hydrogen) atoms. The van der Waals surface area contributed by atoms with E-state index in [2.05, 4.69) is 31.5 Å². The molecule has 0 atom stereocenters. The third kappa shape index (κ3) is 6.10. The highest BCUT2D eigenvalue weighted by Crippen LogP contribution is 2.20. The van der Waals surface area contributed by atoms with Crippen LogP contribution in [-0.2, 0) is 9.53 Å². The number of methoxy groups -OCH3 is 1. The minimum absolute atomic E-state index is 0.0734. The smallest absolute Gasteiger partial charge is 0.239 e. The van der Waals surface area contributed by atoms with Crippen molar-refractivity contribution in [1.29, 1.82) is 0 Å². The Labute approximate surface area is 154 Å². The first-order valence-corrected chi connectivity index (χ1v) is 8.73. The van der Waals surface area contributed by atoms with Crippen LogP contribution >= 0.6 is 11.6 Å². The number of halogens is 1. The maximum Gasteiger partial charge on any atom is 0.239 e. The molecule has 2 rings (SSSR count). The van der Waals surface area contributed by atoms with Gasteiger partial charge in [0.1, 0.15) is 0 Å². The highest BCUT2D eigenvalue weighted by Gasteiger charge is 2.20. The molecule has 0 unspecified atom stereocenters. The molecule has 1 amide bonds. The van der Waals surface area contributed by atoms with Crippen LogP contribution in [0.3, 0.4) is 0 Å². The molecular formula is C17H26ClN5O2. The van der Waals surface area contributed by atoms with Crippen LogP contribution in [0.25, 0.3) is 0 Å². The van der Waals surface area contributed by atoms with E-state index in [1.54, 1.807) is 14.2 Å². The summed E-state index contributed by atoms with van der Waals surface area (Å²) in [7, 11) is 3.34. The molecule has 8 heteroatoms. The van der Waals surface area contributed by atoms with Gasteiger partial charge in [-0.2, -0.15) is 0 Å². The van der Waals surface area contributed by atoms with E-state index in [9.17, 15) is 4.79 Å². The summed E-state index contributed by atoms with van der Waals surface area (Å²) in [4.78, 5) is 20.5. The second-order valence-corrected chi connectivity index (χ2v) is 6.13. The van der Waals surface area contributed by atoms with Crippen LogP contribution in [0.4, 0.5) is 5.69 Å². The zero-order chi connectivity index (χ0) is 18.1. The van der Waals surface area contributed by atoms with Gasteiger partial charge in [-0.1, -0.05) is 17.7 Å². The number of hydrogen-bond donors (Lipinski definition) is 2. The number of benzene rings is 1. The molecule has 0 bridgehead atoms. The molecule has 0 aliphatic carbocycles. The van der Waals surface area contributed by atoms with E-state index in [1.807, 2.05) is 18.2 Å². The van der Waals surface area contributed by atoms with Crippen molar-refractivity contribution in [2.45, 2.75) is 0 Å². The van der Waals surface area contributed by atoms with Crippen molar-refractivity contribution in [2.24, 2.45) is 4.99 Å². The van der Waals surface area contributed by atoms with Gasteiger partial charge < -0.3 is 25.2 Å². The normalized spacial score (nSPS) is 15.2. The summed E-state index contributed by atoms with van der Waals surface area (Å²) in [5, 5.41) is 6.64. The van der Waals surface area contributed by atoms with Crippen LogP contribution in [-0.4, -0.2) is 76.8 Å². The van der Waals surface area contributed by atoms with E-state index < -0.39 is 0 Å². The maximum atomic E-state index is 11.8. The van der Waals surface area contributed by atoms with E-state index in [4.69, 9.17) is 16.3 Å². The van der Waals surface area contributed by atoms with Crippen molar-refractivity contribution >= 4 is 29.2 Å². The van der Waals surface area contributed by atoms with Gasteiger partial charge in [-0.05, 0) is 18.2 Å². The predicted octanol–water partition coefficient (Wildman–Crippen LogP) is 0.800. The van der Waals surface area contributed by atoms with Crippen LogP contribution in [0.1, 0.15) is 0 Å². The molecule has 1 aromatic carbocycles. The van der Waals surface area contributed by atoms with Gasteiger partial charge in [-0.15, -0.1) is 0 Å². The number of amides is 1. The second-order valence-electron chi connectivity index (χ2n) is 5.70. The molecule has 1 aromatic rings. The lowest BCUT2D eigenvalue weighted by Crippen LogP contribution is -2.53. The van der Waals surface area contributed by atoms with Crippen LogP contribution in [0.5, 0.6) is 0 Å². The Morgan fingerprint density at radius 3 is 2.68 bits per heavy atom. The lowest BCUT2D eigenvalue weighted by Gasteiger charge is -2.37. The molecule has 1 fully saturated rings. The molecule has 0 saturated carbocycles. The number of nitrogens with zero attached hydrogens (tertiary/aromatic N) is 3. The molecule has 0 radical (unpaired) electrons. The van der Waals surface area contributed by atoms with Gasteiger partial charge in [0, 0.05) is 57.6 Å². The van der Waals surface area contributed by atoms with Gasteiger partial charge in [0.2, 0.25) is 5.91 Å². The van der Waals surface area contributed by atoms with E-state index in [0.29, 0.717) is 13.2 Å². The minimum Gasteiger partial charge on any atom is -0.383 e. The summed E-state index contributed by atoms with van der Waals surface area (Å²) in [6.07, 6.45) is 0. The third-order valence-electron chi connectivity index (χ3n) is 4.00. The lowest BCUT2D eigenvalue weighted by molar-refractivity contribution is -0.120. The van der Waals surface area contributed by atoms with Gasteiger partial charge >= 0.3 is 0 Å². The van der Waals surface area contributed by atoms with Crippen LogP contribution < -0.4 is 15.5 Å². The summed E-state index contributed by atoms with van der Waals surface area (Å²) in [6, 6.07) is 7.89. The van der Waals surface area contributed by atoms with E-state index in [1.165, 1.54) is 0 Å². The molecule has 0 aromatic heterocycles. The zero-order valence-corrected chi connectivity index (χ0v) is 15.6. The number of rotatable bonds is 6. The fourth-order valence-electron chi connectivity index (χ4n) is 2.70. The minimum atomic E-state index is -0.0734. The molecule has 138 valence electrons.